The summed E-state index contributed by atoms with van der Waals surface area (Å²) in [6, 6.07) is 7.46. The zero-order chi connectivity index (χ0) is 14.7. The van der Waals surface area contributed by atoms with Gasteiger partial charge in [-0.05, 0) is 12.1 Å². The van der Waals surface area contributed by atoms with Gasteiger partial charge in [0.2, 0.25) is 0 Å². The largest absolute Gasteiger partial charge is 0.309 e. The molecule has 1 aliphatic rings. The fourth-order valence-corrected chi connectivity index (χ4v) is 2.73. The quantitative estimate of drug-likeness (QED) is 0.858. The van der Waals surface area contributed by atoms with E-state index in [1.54, 1.807) is 6.07 Å². The Labute approximate surface area is 123 Å². The molecule has 0 saturated carbocycles. The van der Waals surface area contributed by atoms with Crippen molar-refractivity contribution in [3.05, 3.63) is 53.1 Å². The molecule has 0 atom stereocenters. The number of nitrogens with zero attached hydrogens (tertiary/aromatic N) is 3. The van der Waals surface area contributed by atoms with Crippen molar-refractivity contribution in [3.8, 4) is 0 Å². The summed E-state index contributed by atoms with van der Waals surface area (Å²) in [5, 5.41) is 0.650. The second-order valence-corrected chi connectivity index (χ2v) is 5.40. The van der Waals surface area contributed by atoms with Gasteiger partial charge in [-0.1, -0.05) is 18.2 Å². The molecule has 1 aromatic carbocycles. The molecule has 1 N–H and O–H groups in total. The zero-order valence-corrected chi connectivity index (χ0v) is 12.1. The molecule has 1 saturated heterocycles. The maximum atomic E-state index is 12.0. The van der Waals surface area contributed by atoms with Gasteiger partial charge in [0.15, 0.2) is 0 Å². The fourth-order valence-electron chi connectivity index (χ4n) is 2.73. The maximum absolute atomic E-state index is 12.0. The Bertz CT molecular complexity index is 686. The van der Waals surface area contributed by atoms with E-state index in [1.807, 2.05) is 24.3 Å². The Hall–Kier alpha value is -1.98. The molecule has 0 amide bonds. The average molecular weight is 284 g/mol. The van der Waals surface area contributed by atoms with Gasteiger partial charge in [-0.3, -0.25) is 14.6 Å². The molecule has 0 aliphatic carbocycles. The maximum Gasteiger partial charge on any atom is 0.258 e. The van der Waals surface area contributed by atoms with E-state index < -0.39 is 0 Å². The highest BCUT2D eigenvalue weighted by Crippen LogP contribution is 2.09. The molecule has 5 heteroatoms. The van der Waals surface area contributed by atoms with Crippen molar-refractivity contribution in [2.45, 2.75) is 6.54 Å². The summed E-state index contributed by atoms with van der Waals surface area (Å²) in [7, 11) is 0. The smallest absolute Gasteiger partial charge is 0.258 e. The van der Waals surface area contributed by atoms with Crippen molar-refractivity contribution in [1.29, 1.82) is 0 Å². The van der Waals surface area contributed by atoms with E-state index in [1.165, 1.54) is 0 Å². The molecule has 0 spiro atoms. The number of nitrogens with one attached hydrogen (secondary N) is 1. The summed E-state index contributed by atoms with van der Waals surface area (Å²) in [5.74, 6) is 0.746. The highest BCUT2D eigenvalue weighted by atomic mass is 16.1. The van der Waals surface area contributed by atoms with E-state index in [9.17, 15) is 4.79 Å². The number of rotatable bonds is 4. The van der Waals surface area contributed by atoms with Gasteiger partial charge in [0.1, 0.15) is 5.82 Å². The predicted octanol–water partition coefficient (Wildman–Crippen LogP) is 1.23. The Balaban J connectivity index is 1.71. The van der Waals surface area contributed by atoms with Gasteiger partial charge in [-0.15, -0.1) is 6.58 Å². The lowest BCUT2D eigenvalue weighted by Crippen LogP contribution is -2.46. The first kappa shape index (κ1) is 14.0. The fraction of sp³-hybridized carbons (Fsp3) is 0.375. The third-order valence-electron chi connectivity index (χ3n) is 3.89. The van der Waals surface area contributed by atoms with E-state index in [0.717, 1.165) is 44.1 Å². The first-order chi connectivity index (χ1) is 10.3. The number of hydrogen-bond donors (Lipinski definition) is 1. The van der Waals surface area contributed by atoms with Gasteiger partial charge in [0.05, 0.1) is 17.4 Å². The summed E-state index contributed by atoms with van der Waals surface area (Å²) in [5.41, 5.74) is 0.711. The van der Waals surface area contributed by atoms with Crippen molar-refractivity contribution in [2.75, 3.05) is 32.7 Å². The van der Waals surface area contributed by atoms with Crippen molar-refractivity contribution in [3.63, 3.8) is 0 Å². The van der Waals surface area contributed by atoms with Gasteiger partial charge in [0.25, 0.3) is 5.56 Å². The third-order valence-corrected chi connectivity index (χ3v) is 3.89. The summed E-state index contributed by atoms with van der Waals surface area (Å²) in [4.78, 5) is 24.2. The van der Waals surface area contributed by atoms with Crippen LogP contribution in [0.1, 0.15) is 5.82 Å². The van der Waals surface area contributed by atoms with Crippen LogP contribution in [0.4, 0.5) is 0 Å². The lowest BCUT2D eigenvalue weighted by atomic mass is 10.2. The number of aromatic nitrogens is 2. The molecule has 5 nitrogen and oxygen atoms in total. The van der Waals surface area contributed by atoms with Gasteiger partial charge >= 0.3 is 0 Å². The molecule has 1 aliphatic heterocycles. The van der Waals surface area contributed by atoms with Crippen molar-refractivity contribution >= 4 is 10.9 Å². The molecule has 3 rings (SSSR count). The highest BCUT2D eigenvalue weighted by Gasteiger charge is 2.16. The molecule has 0 radical (unpaired) electrons. The molecule has 1 fully saturated rings. The lowest BCUT2D eigenvalue weighted by Gasteiger charge is -2.33. The summed E-state index contributed by atoms with van der Waals surface area (Å²) in [6.45, 7) is 9.46. The minimum Gasteiger partial charge on any atom is -0.309 e. The molecule has 110 valence electrons. The SMILES string of the molecule is C=CCN1CCN(Cc2nc3ccccc3c(=O)[nH]2)CC1. The number of hydrogen-bond acceptors (Lipinski definition) is 4. The van der Waals surface area contributed by atoms with Crippen molar-refractivity contribution in [2.24, 2.45) is 0 Å². The molecule has 0 unspecified atom stereocenters. The van der Waals surface area contributed by atoms with Crippen LogP contribution in [0.2, 0.25) is 0 Å². The summed E-state index contributed by atoms with van der Waals surface area (Å²) < 4.78 is 0. The number of piperazine rings is 1. The van der Waals surface area contributed by atoms with Crippen LogP contribution in [0.5, 0.6) is 0 Å². The van der Waals surface area contributed by atoms with E-state index in [4.69, 9.17) is 0 Å². The second-order valence-electron chi connectivity index (χ2n) is 5.40. The van der Waals surface area contributed by atoms with E-state index >= 15 is 0 Å². The predicted molar refractivity (Wildman–Crippen MR) is 84.3 cm³/mol. The van der Waals surface area contributed by atoms with Crippen LogP contribution >= 0.6 is 0 Å². The van der Waals surface area contributed by atoms with Gasteiger partial charge in [-0.2, -0.15) is 0 Å². The Morgan fingerprint density at radius 3 is 2.67 bits per heavy atom. The first-order valence-corrected chi connectivity index (χ1v) is 7.30. The van der Waals surface area contributed by atoms with Gasteiger partial charge in [-0.25, -0.2) is 4.98 Å². The Morgan fingerprint density at radius 2 is 1.90 bits per heavy atom. The van der Waals surface area contributed by atoms with Crippen molar-refractivity contribution < 1.29 is 0 Å². The standard InChI is InChI=1S/C16H20N4O/c1-2-7-19-8-10-20(11-9-19)12-15-17-14-6-4-3-5-13(14)16(21)18-15/h2-6H,1,7-12H2,(H,17,18,21). The number of aromatic amines is 1. The Morgan fingerprint density at radius 1 is 1.19 bits per heavy atom. The number of benzene rings is 1. The normalized spacial score (nSPS) is 17.1. The van der Waals surface area contributed by atoms with Crippen LogP contribution in [0.15, 0.2) is 41.7 Å². The summed E-state index contributed by atoms with van der Waals surface area (Å²) >= 11 is 0. The average Bonchev–Trinajstić information content (AvgIpc) is 2.50. The number of H-pyrrole nitrogens is 1. The van der Waals surface area contributed by atoms with Crippen LogP contribution in [0.3, 0.4) is 0 Å². The number of fused-ring (bicyclic) bond motifs is 1. The monoisotopic (exact) mass is 284 g/mol. The molecule has 2 aromatic rings. The minimum atomic E-state index is -0.0547. The van der Waals surface area contributed by atoms with E-state index in [2.05, 4.69) is 26.3 Å². The molecule has 2 heterocycles. The van der Waals surface area contributed by atoms with Crippen LogP contribution in [0, 0.1) is 0 Å². The number of para-hydroxylation sites is 1. The van der Waals surface area contributed by atoms with Crippen LogP contribution in [-0.2, 0) is 6.54 Å². The first-order valence-electron chi connectivity index (χ1n) is 7.30. The molecule has 1 aromatic heterocycles. The second kappa shape index (κ2) is 6.20. The molecule has 21 heavy (non-hydrogen) atoms. The van der Waals surface area contributed by atoms with E-state index in [0.29, 0.717) is 11.9 Å². The van der Waals surface area contributed by atoms with Gasteiger partial charge in [0, 0.05) is 32.7 Å². The van der Waals surface area contributed by atoms with Crippen LogP contribution in [-0.4, -0.2) is 52.5 Å². The van der Waals surface area contributed by atoms with Crippen LogP contribution in [0.25, 0.3) is 10.9 Å². The van der Waals surface area contributed by atoms with Gasteiger partial charge < -0.3 is 4.98 Å². The molecule has 0 bridgehead atoms. The summed E-state index contributed by atoms with van der Waals surface area (Å²) in [6.07, 6.45) is 1.94. The van der Waals surface area contributed by atoms with Crippen LogP contribution < -0.4 is 5.56 Å². The molecular weight excluding hydrogens is 264 g/mol. The minimum absolute atomic E-state index is 0.0547. The third kappa shape index (κ3) is 3.20. The zero-order valence-electron chi connectivity index (χ0n) is 12.1. The van der Waals surface area contributed by atoms with Crippen molar-refractivity contribution in [1.82, 2.24) is 19.8 Å². The highest BCUT2D eigenvalue weighted by molar-refractivity contribution is 5.77. The topological polar surface area (TPSA) is 52.2 Å². The molecular formula is C16H20N4O. The van der Waals surface area contributed by atoms with E-state index in [-0.39, 0.29) is 5.56 Å². The Kier molecular flexibility index (Phi) is 4.13. The lowest BCUT2D eigenvalue weighted by molar-refractivity contribution is 0.134.